The monoisotopic (exact) mass is 313 g/mol. The van der Waals surface area contributed by atoms with Crippen LogP contribution in [-0.2, 0) is 4.74 Å². The second-order valence-corrected chi connectivity index (χ2v) is 7.24. The summed E-state index contributed by atoms with van der Waals surface area (Å²) in [4.78, 5) is 27.7. The number of carbonyl (C=O) groups is 2. The minimum Gasteiger partial charge on any atom is -0.444 e. The summed E-state index contributed by atoms with van der Waals surface area (Å²) in [6, 6.07) is 0.0308. The molecule has 22 heavy (non-hydrogen) atoms. The van der Waals surface area contributed by atoms with E-state index in [4.69, 9.17) is 4.74 Å². The highest BCUT2D eigenvalue weighted by Crippen LogP contribution is 2.20. The van der Waals surface area contributed by atoms with E-state index in [1.165, 1.54) is 0 Å². The fourth-order valence-corrected chi connectivity index (χ4v) is 2.65. The van der Waals surface area contributed by atoms with E-state index in [1.54, 1.807) is 11.9 Å². The van der Waals surface area contributed by atoms with Crippen molar-refractivity contribution in [1.82, 2.24) is 15.1 Å². The molecule has 1 rings (SSSR count). The summed E-state index contributed by atoms with van der Waals surface area (Å²) in [5.41, 5.74) is -0.495. The van der Waals surface area contributed by atoms with Crippen molar-refractivity contribution in [1.29, 1.82) is 0 Å². The summed E-state index contributed by atoms with van der Waals surface area (Å²) < 4.78 is 5.49. The predicted octanol–water partition coefficient (Wildman–Crippen LogP) is 2.68. The largest absolute Gasteiger partial charge is 0.444 e. The summed E-state index contributed by atoms with van der Waals surface area (Å²) in [5.74, 6) is 0.293. The molecule has 1 fully saturated rings. The van der Waals surface area contributed by atoms with E-state index < -0.39 is 5.60 Å². The lowest BCUT2D eigenvalue weighted by Gasteiger charge is -2.37. The first-order valence-corrected chi connectivity index (χ1v) is 8.10. The molecule has 0 spiro atoms. The first-order chi connectivity index (χ1) is 10.1. The summed E-state index contributed by atoms with van der Waals surface area (Å²) in [5, 5.41) is 2.67. The molecule has 0 aromatic carbocycles. The Morgan fingerprint density at radius 3 is 2.50 bits per heavy atom. The number of urea groups is 1. The zero-order valence-corrected chi connectivity index (χ0v) is 14.8. The van der Waals surface area contributed by atoms with Gasteiger partial charge in [-0.05, 0) is 53.4 Å². The molecule has 0 radical (unpaired) electrons. The van der Waals surface area contributed by atoms with Crippen LogP contribution in [0.25, 0.3) is 0 Å². The van der Waals surface area contributed by atoms with Gasteiger partial charge in [0, 0.05) is 32.7 Å². The number of amides is 3. The topological polar surface area (TPSA) is 61.9 Å². The molecule has 1 aliphatic heterocycles. The van der Waals surface area contributed by atoms with Crippen LogP contribution < -0.4 is 5.32 Å². The summed E-state index contributed by atoms with van der Waals surface area (Å²) in [7, 11) is 1.65. The average Bonchev–Trinajstić information content (AvgIpc) is 2.41. The number of hydrogen-bond acceptors (Lipinski definition) is 3. The zero-order chi connectivity index (χ0) is 16.9. The van der Waals surface area contributed by atoms with Gasteiger partial charge >= 0.3 is 12.1 Å². The Morgan fingerprint density at radius 2 is 2.00 bits per heavy atom. The molecule has 0 bridgehead atoms. The first-order valence-electron chi connectivity index (χ1n) is 8.10. The molecule has 1 unspecified atom stereocenters. The maximum atomic E-state index is 12.4. The van der Waals surface area contributed by atoms with E-state index >= 15 is 0 Å². The van der Waals surface area contributed by atoms with Gasteiger partial charge in [-0.3, -0.25) is 0 Å². The number of hydrogen-bond donors (Lipinski definition) is 1. The Kier molecular flexibility index (Phi) is 6.50. The van der Waals surface area contributed by atoms with Gasteiger partial charge < -0.3 is 19.9 Å². The number of nitrogens with zero attached hydrogens (tertiary/aromatic N) is 2. The Hall–Kier alpha value is -1.46. The molecule has 6 nitrogen and oxygen atoms in total. The van der Waals surface area contributed by atoms with Gasteiger partial charge in [0.05, 0.1) is 0 Å². The smallest absolute Gasteiger partial charge is 0.410 e. The quantitative estimate of drug-likeness (QED) is 0.871. The van der Waals surface area contributed by atoms with Crippen LogP contribution in [0.5, 0.6) is 0 Å². The van der Waals surface area contributed by atoms with E-state index in [2.05, 4.69) is 5.32 Å². The van der Waals surface area contributed by atoms with Crippen LogP contribution in [0, 0.1) is 5.92 Å². The predicted molar refractivity (Wildman–Crippen MR) is 86.8 cm³/mol. The standard InChI is InChI=1S/C16H31N3O3/c1-12(2)19(15(21)22-16(3,4)5)11-13-8-7-9-18(10-13)14(20)17-6/h12-13H,7-11H2,1-6H3,(H,17,20). The van der Waals surface area contributed by atoms with Crippen molar-refractivity contribution in [2.24, 2.45) is 5.92 Å². The van der Waals surface area contributed by atoms with Crippen molar-refractivity contribution in [3.8, 4) is 0 Å². The van der Waals surface area contributed by atoms with E-state index in [9.17, 15) is 9.59 Å². The lowest BCUT2D eigenvalue weighted by atomic mass is 9.97. The lowest BCUT2D eigenvalue weighted by molar-refractivity contribution is 0.0131. The fraction of sp³-hybridized carbons (Fsp3) is 0.875. The Balaban J connectivity index is 2.66. The van der Waals surface area contributed by atoms with Crippen LogP contribution in [0.1, 0.15) is 47.5 Å². The van der Waals surface area contributed by atoms with Gasteiger partial charge in [-0.15, -0.1) is 0 Å². The van der Waals surface area contributed by atoms with Gasteiger partial charge in [0.1, 0.15) is 5.60 Å². The Morgan fingerprint density at radius 1 is 1.36 bits per heavy atom. The molecule has 1 heterocycles. The van der Waals surface area contributed by atoms with Gasteiger partial charge in [-0.2, -0.15) is 0 Å². The fourth-order valence-electron chi connectivity index (χ4n) is 2.65. The van der Waals surface area contributed by atoms with E-state index in [1.807, 2.05) is 39.5 Å². The van der Waals surface area contributed by atoms with Crippen LogP contribution in [0.3, 0.4) is 0 Å². The highest BCUT2D eigenvalue weighted by atomic mass is 16.6. The highest BCUT2D eigenvalue weighted by Gasteiger charge is 2.29. The van der Waals surface area contributed by atoms with Gasteiger partial charge in [-0.25, -0.2) is 9.59 Å². The van der Waals surface area contributed by atoms with E-state index in [-0.39, 0.29) is 18.2 Å². The maximum absolute atomic E-state index is 12.4. The van der Waals surface area contributed by atoms with E-state index in [0.717, 1.165) is 19.4 Å². The Labute approximate surface area is 134 Å². The molecule has 0 aliphatic carbocycles. The molecule has 128 valence electrons. The molecular weight excluding hydrogens is 282 g/mol. The van der Waals surface area contributed by atoms with Crippen LogP contribution in [-0.4, -0.2) is 60.2 Å². The lowest BCUT2D eigenvalue weighted by Crippen LogP contribution is -2.49. The van der Waals surface area contributed by atoms with Crippen molar-refractivity contribution >= 4 is 12.1 Å². The van der Waals surface area contributed by atoms with Gasteiger partial charge in [0.2, 0.25) is 0 Å². The van der Waals surface area contributed by atoms with Crippen molar-refractivity contribution in [3.63, 3.8) is 0 Å². The molecule has 1 aliphatic rings. The van der Waals surface area contributed by atoms with Gasteiger partial charge in [0.15, 0.2) is 0 Å². The number of ether oxygens (including phenoxy) is 1. The second-order valence-electron chi connectivity index (χ2n) is 7.24. The highest BCUT2D eigenvalue weighted by molar-refractivity contribution is 5.74. The molecule has 0 aromatic heterocycles. The molecule has 1 N–H and O–H groups in total. The summed E-state index contributed by atoms with van der Waals surface area (Å²) in [6.45, 7) is 11.7. The van der Waals surface area contributed by atoms with Gasteiger partial charge in [-0.1, -0.05) is 0 Å². The second kappa shape index (κ2) is 7.70. The van der Waals surface area contributed by atoms with E-state index in [0.29, 0.717) is 19.0 Å². The third-order valence-corrected chi connectivity index (χ3v) is 3.73. The van der Waals surface area contributed by atoms with Crippen LogP contribution >= 0.6 is 0 Å². The first kappa shape index (κ1) is 18.6. The molecule has 1 saturated heterocycles. The average molecular weight is 313 g/mol. The maximum Gasteiger partial charge on any atom is 0.410 e. The number of nitrogens with one attached hydrogen (secondary N) is 1. The SMILES string of the molecule is CNC(=O)N1CCCC(CN(C(=O)OC(C)(C)C)C(C)C)C1. The molecule has 0 saturated carbocycles. The zero-order valence-electron chi connectivity index (χ0n) is 14.8. The summed E-state index contributed by atoms with van der Waals surface area (Å²) in [6.07, 6.45) is 1.72. The molecule has 1 atom stereocenters. The van der Waals surface area contributed by atoms with Crippen molar-refractivity contribution in [2.45, 2.75) is 59.1 Å². The summed E-state index contributed by atoms with van der Waals surface area (Å²) >= 11 is 0. The molecule has 6 heteroatoms. The van der Waals surface area contributed by atoms with Gasteiger partial charge in [0.25, 0.3) is 0 Å². The van der Waals surface area contributed by atoms with Crippen molar-refractivity contribution in [3.05, 3.63) is 0 Å². The third kappa shape index (κ3) is 5.73. The van der Waals surface area contributed by atoms with Crippen LogP contribution in [0.2, 0.25) is 0 Å². The number of rotatable bonds is 3. The minimum atomic E-state index is -0.495. The molecular formula is C16H31N3O3. The molecule has 0 aromatic rings. The Bertz CT molecular complexity index is 391. The third-order valence-electron chi connectivity index (χ3n) is 3.73. The van der Waals surface area contributed by atoms with Crippen molar-refractivity contribution < 1.29 is 14.3 Å². The number of piperidine rings is 1. The van der Waals surface area contributed by atoms with Crippen molar-refractivity contribution in [2.75, 3.05) is 26.7 Å². The van der Waals surface area contributed by atoms with Crippen LogP contribution in [0.4, 0.5) is 9.59 Å². The minimum absolute atomic E-state index is 0.0435. The van der Waals surface area contributed by atoms with Crippen LogP contribution in [0.15, 0.2) is 0 Å². The molecule has 3 amide bonds. The number of carbonyl (C=O) groups excluding carboxylic acids is 2. The normalized spacial score (nSPS) is 19.0. The number of likely N-dealkylation sites (tertiary alicyclic amines) is 1.